The molecule has 0 radical (unpaired) electrons. The normalized spacial score (nSPS) is 10.9. The van der Waals surface area contributed by atoms with Gasteiger partial charge in [0.2, 0.25) is 0 Å². The van der Waals surface area contributed by atoms with Gasteiger partial charge in [-0.05, 0) is 71.8 Å². The van der Waals surface area contributed by atoms with E-state index < -0.39 is 5.97 Å². The molecular weight excluding hydrogens is 476 g/mol. The van der Waals surface area contributed by atoms with Crippen LogP contribution < -0.4 is 14.9 Å². The number of esters is 1. The fourth-order valence-corrected chi connectivity index (χ4v) is 3.63. The van der Waals surface area contributed by atoms with Crippen molar-refractivity contribution in [3.8, 4) is 11.5 Å². The number of amides is 1. The summed E-state index contributed by atoms with van der Waals surface area (Å²) in [6.07, 6.45) is 3.51. The zero-order valence-corrected chi connectivity index (χ0v) is 20.5. The molecule has 1 amide bonds. The predicted molar refractivity (Wildman–Crippen MR) is 142 cm³/mol. The number of fused-ring (bicyclic) bond motifs is 1. The maximum Gasteiger partial charge on any atom is 0.343 e. The highest BCUT2D eigenvalue weighted by atomic mass is 35.5. The minimum absolute atomic E-state index is 0.320. The van der Waals surface area contributed by atoms with Crippen molar-refractivity contribution < 1.29 is 19.1 Å². The van der Waals surface area contributed by atoms with E-state index in [1.807, 2.05) is 30.3 Å². The van der Waals surface area contributed by atoms with Crippen molar-refractivity contribution in [2.45, 2.75) is 19.8 Å². The Morgan fingerprint density at radius 2 is 1.64 bits per heavy atom. The van der Waals surface area contributed by atoms with E-state index >= 15 is 0 Å². The number of halogens is 1. The summed E-state index contributed by atoms with van der Waals surface area (Å²) >= 11 is 5.92. The predicted octanol–water partition coefficient (Wildman–Crippen LogP) is 6.66. The lowest BCUT2D eigenvalue weighted by Gasteiger charge is -2.11. The average Bonchev–Trinajstić information content (AvgIpc) is 2.90. The van der Waals surface area contributed by atoms with Gasteiger partial charge in [0.05, 0.1) is 18.4 Å². The lowest BCUT2D eigenvalue weighted by molar-refractivity contribution is 0.0734. The molecule has 0 aliphatic carbocycles. The monoisotopic (exact) mass is 500 g/mol. The highest BCUT2D eigenvalue weighted by Gasteiger charge is 2.14. The third-order valence-corrected chi connectivity index (χ3v) is 5.71. The van der Waals surface area contributed by atoms with Gasteiger partial charge in [-0.15, -0.1) is 0 Å². The number of hydrogen-bond acceptors (Lipinski definition) is 5. The van der Waals surface area contributed by atoms with E-state index in [1.165, 1.54) is 6.21 Å². The van der Waals surface area contributed by atoms with Crippen molar-refractivity contribution in [3.05, 3.63) is 107 Å². The van der Waals surface area contributed by atoms with E-state index in [-0.39, 0.29) is 5.91 Å². The Morgan fingerprint density at radius 3 is 2.39 bits per heavy atom. The zero-order chi connectivity index (χ0) is 25.3. The second-order valence-electron chi connectivity index (χ2n) is 8.02. The molecule has 4 aromatic carbocycles. The van der Waals surface area contributed by atoms with Crippen LogP contribution in [0.5, 0.6) is 11.5 Å². The van der Waals surface area contributed by atoms with Crippen molar-refractivity contribution in [1.29, 1.82) is 0 Å². The lowest BCUT2D eigenvalue weighted by atomic mass is 10.0. The smallest absolute Gasteiger partial charge is 0.343 e. The van der Waals surface area contributed by atoms with Gasteiger partial charge < -0.3 is 9.47 Å². The summed E-state index contributed by atoms with van der Waals surface area (Å²) in [6, 6.07) is 24.5. The van der Waals surface area contributed by atoms with E-state index in [0.717, 1.165) is 23.6 Å². The second kappa shape index (κ2) is 12.0. The molecule has 0 saturated heterocycles. The van der Waals surface area contributed by atoms with Crippen molar-refractivity contribution >= 4 is 40.5 Å². The van der Waals surface area contributed by atoms with Crippen LogP contribution in [0.2, 0.25) is 5.02 Å². The van der Waals surface area contributed by atoms with Crippen LogP contribution in [0.15, 0.2) is 90.0 Å². The van der Waals surface area contributed by atoms with Gasteiger partial charge in [-0.3, -0.25) is 4.79 Å². The zero-order valence-electron chi connectivity index (χ0n) is 19.7. The number of hydrogen-bond donors (Lipinski definition) is 1. The summed E-state index contributed by atoms with van der Waals surface area (Å²) < 4.78 is 11.3. The van der Waals surface area contributed by atoms with Crippen molar-refractivity contribution in [1.82, 2.24) is 5.43 Å². The highest BCUT2D eigenvalue weighted by molar-refractivity contribution is 6.30. The number of ether oxygens (including phenoxy) is 2. The molecule has 0 unspecified atom stereocenters. The van der Waals surface area contributed by atoms with Crippen LogP contribution >= 0.6 is 11.6 Å². The summed E-state index contributed by atoms with van der Waals surface area (Å²) in [5, 5.41) is 6.43. The fourth-order valence-electron chi connectivity index (χ4n) is 3.50. The van der Waals surface area contributed by atoms with Gasteiger partial charge >= 0.3 is 5.97 Å². The van der Waals surface area contributed by atoms with Crippen LogP contribution in [-0.2, 0) is 0 Å². The Balaban J connectivity index is 1.51. The first-order valence-electron chi connectivity index (χ1n) is 11.6. The minimum Gasteiger partial charge on any atom is -0.494 e. The third kappa shape index (κ3) is 6.29. The Labute approximate surface area is 214 Å². The van der Waals surface area contributed by atoms with Crippen LogP contribution in [0.1, 0.15) is 46.0 Å². The Morgan fingerprint density at radius 1 is 0.917 bits per heavy atom. The largest absolute Gasteiger partial charge is 0.494 e. The Kier molecular flexibility index (Phi) is 8.32. The molecule has 1 N–H and O–H groups in total. The van der Waals surface area contributed by atoms with Gasteiger partial charge in [0, 0.05) is 16.1 Å². The molecule has 0 aromatic heterocycles. The molecule has 36 heavy (non-hydrogen) atoms. The fraction of sp³-hybridized carbons (Fsp3) is 0.138. The molecule has 0 bridgehead atoms. The number of carbonyl (C=O) groups is 2. The summed E-state index contributed by atoms with van der Waals surface area (Å²) in [6.45, 7) is 2.74. The Hall–Kier alpha value is -4.16. The molecule has 4 aromatic rings. The molecule has 7 heteroatoms. The SMILES string of the molecule is CCCCOc1ccc(C(=O)N/N=C\c2c(OC(=O)c3ccc(Cl)cc3)ccc3ccccc23)cc1. The molecule has 0 aliphatic heterocycles. The van der Waals surface area contributed by atoms with E-state index in [4.69, 9.17) is 21.1 Å². The maximum atomic E-state index is 12.7. The number of nitrogens with zero attached hydrogens (tertiary/aromatic N) is 1. The molecule has 4 rings (SSSR count). The summed E-state index contributed by atoms with van der Waals surface area (Å²) in [4.78, 5) is 25.3. The van der Waals surface area contributed by atoms with Crippen LogP contribution in [0.25, 0.3) is 10.8 Å². The molecule has 0 aliphatic rings. The summed E-state index contributed by atoms with van der Waals surface area (Å²) in [5.41, 5.74) is 3.92. The van der Waals surface area contributed by atoms with E-state index in [1.54, 1.807) is 54.6 Å². The van der Waals surface area contributed by atoms with Crippen molar-refractivity contribution in [3.63, 3.8) is 0 Å². The molecule has 0 spiro atoms. The number of rotatable bonds is 9. The van der Waals surface area contributed by atoms with E-state index in [2.05, 4.69) is 17.5 Å². The lowest BCUT2D eigenvalue weighted by Crippen LogP contribution is -2.17. The van der Waals surface area contributed by atoms with Gasteiger partial charge in [-0.1, -0.05) is 55.3 Å². The van der Waals surface area contributed by atoms with Gasteiger partial charge in [-0.2, -0.15) is 5.10 Å². The first-order chi connectivity index (χ1) is 17.5. The van der Waals surface area contributed by atoms with Gasteiger partial charge in [-0.25, -0.2) is 10.2 Å². The first kappa shape index (κ1) is 24.9. The van der Waals surface area contributed by atoms with Crippen molar-refractivity contribution in [2.75, 3.05) is 6.61 Å². The summed E-state index contributed by atoms with van der Waals surface area (Å²) in [5.74, 6) is 0.139. The molecular formula is C29H25ClN2O4. The molecule has 0 heterocycles. The number of unbranched alkanes of at least 4 members (excludes halogenated alkanes) is 1. The van der Waals surface area contributed by atoms with Gasteiger partial charge in [0.15, 0.2) is 0 Å². The van der Waals surface area contributed by atoms with E-state index in [0.29, 0.717) is 39.8 Å². The molecule has 0 saturated carbocycles. The topological polar surface area (TPSA) is 77.0 Å². The van der Waals surface area contributed by atoms with Crippen LogP contribution in [0, 0.1) is 0 Å². The quantitative estimate of drug-likeness (QED) is 0.0916. The van der Waals surface area contributed by atoms with E-state index in [9.17, 15) is 9.59 Å². The molecule has 182 valence electrons. The highest BCUT2D eigenvalue weighted by Crippen LogP contribution is 2.27. The maximum absolute atomic E-state index is 12.7. The van der Waals surface area contributed by atoms with Crippen LogP contribution in [0.4, 0.5) is 0 Å². The number of benzene rings is 4. The number of hydrazone groups is 1. The van der Waals surface area contributed by atoms with Crippen LogP contribution in [0.3, 0.4) is 0 Å². The first-order valence-corrected chi connectivity index (χ1v) is 12.0. The number of nitrogens with one attached hydrogen (secondary N) is 1. The van der Waals surface area contributed by atoms with Crippen molar-refractivity contribution in [2.24, 2.45) is 5.10 Å². The minimum atomic E-state index is -0.526. The molecule has 0 fully saturated rings. The number of carbonyl (C=O) groups excluding carboxylic acids is 2. The van der Waals surface area contributed by atoms with Crippen LogP contribution in [-0.4, -0.2) is 24.7 Å². The van der Waals surface area contributed by atoms with Gasteiger partial charge in [0.1, 0.15) is 11.5 Å². The second-order valence-corrected chi connectivity index (χ2v) is 8.46. The Bertz CT molecular complexity index is 1380. The summed E-state index contributed by atoms with van der Waals surface area (Å²) in [7, 11) is 0. The third-order valence-electron chi connectivity index (χ3n) is 5.46. The molecule has 6 nitrogen and oxygen atoms in total. The standard InChI is InChI=1S/C29H25ClN2O4/c1-2-3-18-35-24-15-10-21(11-16-24)28(33)32-31-19-26-25-7-5-4-6-20(25)12-17-27(26)36-29(34)22-8-13-23(30)14-9-22/h4-17,19H,2-3,18H2,1H3,(H,32,33)/b31-19-. The van der Waals surface area contributed by atoms with Gasteiger partial charge in [0.25, 0.3) is 5.91 Å². The molecule has 0 atom stereocenters. The average molecular weight is 501 g/mol.